The predicted molar refractivity (Wildman–Crippen MR) is 86.4 cm³/mol. The largest absolute Gasteiger partial charge is 0.492 e. The minimum Gasteiger partial charge on any atom is -0.492 e. The third-order valence-electron chi connectivity index (χ3n) is 3.31. The highest BCUT2D eigenvalue weighted by molar-refractivity contribution is 7.80. The molecule has 2 aromatic rings. The summed E-state index contributed by atoms with van der Waals surface area (Å²) in [6.45, 7) is 2.31. The van der Waals surface area contributed by atoms with E-state index < -0.39 is 4.92 Å². The Hall–Kier alpha value is -2.01. The average molecular weight is 303 g/mol. The molecule has 0 aliphatic rings. The summed E-state index contributed by atoms with van der Waals surface area (Å²) in [6.07, 6.45) is 0. The van der Waals surface area contributed by atoms with Crippen LogP contribution in [0.2, 0.25) is 0 Å². The minimum absolute atomic E-state index is 0.0396. The number of aryl methyl sites for hydroxylation is 1. The molecule has 0 aliphatic heterocycles. The van der Waals surface area contributed by atoms with Gasteiger partial charge in [-0.25, -0.2) is 0 Å². The number of benzene rings is 2. The molecule has 0 fully saturated rings. The van der Waals surface area contributed by atoms with Gasteiger partial charge in [0.1, 0.15) is 5.75 Å². The molecule has 0 saturated heterocycles. The van der Waals surface area contributed by atoms with Gasteiger partial charge in [-0.05, 0) is 24.1 Å². The van der Waals surface area contributed by atoms with Crippen molar-refractivity contribution >= 4 is 18.3 Å². The maximum Gasteiger partial charge on any atom is 0.273 e. The molecule has 4 nitrogen and oxygen atoms in total. The van der Waals surface area contributed by atoms with E-state index in [0.717, 1.165) is 11.1 Å². The Morgan fingerprint density at radius 3 is 2.57 bits per heavy atom. The molecule has 110 valence electrons. The van der Waals surface area contributed by atoms with Crippen molar-refractivity contribution in [2.75, 3.05) is 12.4 Å². The number of nitro benzene ring substituents is 1. The third kappa shape index (κ3) is 3.98. The molecule has 0 N–H and O–H groups in total. The van der Waals surface area contributed by atoms with Crippen LogP contribution in [0, 0.1) is 17.0 Å². The first-order valence-corrected chi connectivity index (χ1v) is 7.28. The fourth-order valence-corrected chi connectivity index (χ4v) is 2.34. The molecule has 0 heterocycles. The molecule has 2 aromatic carbocycles. The van der Waals surface area contributed by atoms with Crippen LogP contribution in [-0.2, 0) is 0 Å². The first-order valence-electron chi connectivity index (χ1n) is 6.65. The zero-order valence-electron chi connectivity index (χ0n) is 11.7. The lowest BCUT2D eigenvalue weighted by Crippen LogP contribution is -2.12. The smallest absolute Gasteiger partial charge is 0.273 e. The molecule has 1 unspecified atom stereocenters. The van der Waals surface area contributed by atoms with Crippen LogP contribution in [0.4, 0.5) is 5.69 Å². The molecule has 1 atom stereocenters. The standard InChI is InChI=1S/C16H17NO3S/c1-12-7-8-15(17(18)19)9-16(12)20-10-14(11-21)13-5-3-2-4-6-13/h2-9,14,21H,10-11H2,1H3. The Kier molecular flexibility index (Phi) is 5.22. The van der Waals surface area contributed by atoms with Crippen molar-refractivity contribution in [2.24, 2.45) is 0 Å². The highest BCUT2D eigenvalue weighted by Crippen LogP contribution is 2.26. The second-order valence-corrected chi connectivity index (χ2v) is 5.17. The van der Waals surface area contributed by atoms with E-state index in [1.165, 1.54) is 12.1 Å². The summed E-state index contributed by atoms with van der Waals surface area (Å²) in [6, 6.07) is 14.6. The zero-order valence-corrected chi connectivity index (χ0v) is 12.6. The molecule has 0 bridgehead atoms. The summed E-state index contributed by atoms with van der Waals surface area (Å²) in [5.74, 6) is 1.35. The summed E-state index contributed by atoms with van der Waals surface area (Å²) in [5, 5.41) is 10.8. The van der Waals surface area contributed by atoms with E-state index in [1.54, 1.807) is 6.07 Å². The fraction of sp³-hybridized carbons (Fsp3) is 0.250. The van der Waals surface area contributed by atoms with Crippen molar-refractivity contribution in [3.8, 4) is 5.75 Å². The normalized spacial score (nSPS) is 11.9. The Morgan fingerprint density at radius 1 is 1.24 bits per heavy atom. The van der Waals surface area contributed by atoms with Crippen LogP contribution in [-0.4, -0.2) is 17.3 Å². The van der Waals surface area contributed by atoms with Crippen LogP contribution in [0.1, 0.15) is 17.0 Å². The summed E-state index contributed by atoms with van der Waals surface area (Å²) in [4.78, 5) is 10.4. The maximum absolute atomic E-state index is 10.8. The molecular weight excluding hydrogens is 286 g/mol. The van der Waals surface area contributed by atoms with Gasteiger partial charge in [0, 0.05) is 17.7 Å². The molecular formula is C16H17NO3S. The van der Waals surface area contributed by atoms with Crippen LogP contribution < -0.4 is 4.74 Å². The number of non-ortho nitro benzene ring substituents is 1. The number of hydrogen-bond donors (Lipinski definition) is 1. The topological polar surface area (TPSA) is 52.4 Å². The van der Waals surface area contributed by atoms with Gasteiger partial charge >= 0.3 is 0 Å². The lowest BCUT2D eigenvalue weighted by Gasteiger charge is -2.17. The number of rotatable bonds is 6. The van der Waals surface area contributed by atoms with E-state index in [-0.39, 0.29) is 11.6 Å². The summed E-state index contributed by atoms with van der Waals surface area (Å²) in [7, 11) is 0. The highest BCUT2D eigenvalue weighted by Gasteiger charge is 2.13. The monoisotopic (exact) mass is 303 g/mol. The van der Waals surface area contributed by atoms with Gasteiger partial charge in [-0.2, -0.15) is 12.6 Å². The molecule has 0 aliphatic carbocycles. The molecule has 0 radical (unpaired) electrons. The van der Waals surface area contributed by atoms with Crippen molar-refractivity contribution in [3.05, 3.63) is 69.8 Å². The zero-order chi connectivity index (χ0) is 15.2. The van der Waals surface area contributed by atoms with Gasteiger partial charge in [-0.1, -0.05) is 30.3 Å². The molecule has 2 rings (SSSR count). The first-order chi connectivity index (χ1) is 10.1. The predicted octanol–water partition coefficient (Wildman–Crippen LogP) is 4.00. The van der Waals surface area contributed by atoms with E-state index in [9.17, 15) is 10.1 Å². The van der Waals surface area contributed by atoms with E-state index >= 15 is 0 Å². The Morgan fingerprint density at radius 2 is 1.95 bits per heavy atom. The molecule has 21 heavy (non-hydrogen) atoms. The van der Waals surface area contributed by atoms with Gasteiger partial charge in [0.2, 0.25) is 0 Å². The van der Waals surface area contributed by atoms with Crippen molar-refractivity contribution < 1.29 is 9.66 Å². The van der Waals surface area contributed by atoms with Crippen molar-refractivity contribution in [1.29, 1.82) is 0 Å². The molecule has 0 saturated carbocycles. The van der Waals surface area contributed by atoms with Gasteiger partial charge in [0.15, 0.2) is 0 Å². The van der Waals surface area contributed by atoms with E-state index in [1.807, 2.05) is 37.3 Å². The van der Waals surface area contributed by atoms with Crippen LogP contribution in [0.15, 0.2) is 48.5 Å². The quantitative estimate of drug-likeness (QED) is 0.498. The fourth-order valence-electron chi connectivity index (χ4n) is 2.03. The minimum atomic E-state index is -0.417. The number of ether oxygens (including phenoxy) is 1. The van der Waals surface area contributed by atoms with Crippen molar-refractivity contribution in [3.63, 3.8) is 0 Å². The van der Waals surface area contributed by atoms with Gasteiger partial charge in [0.25, 0.3) is 5.69 Å². The van der Waals surface area contributed by atoms with E-state index in [0.29, 0.717) is 18.1 Å². The number of hydrogen-bond acceptors (Lipinski definition) is 4. The maximum atomic E-state index is 10.8. The lowest BCUT2D eigenvalue weighted by molar-refractivity contribution is -0.384. The van der Waals surface area contributed by atoms with Gasteiger partial charge in [-0.15, -0.1) is 0 Å². The van der Waals surface area contributed by atoms with Gasteiger partial charge in [0.05, 0.1) is 17.6 Å². The Bertz CT molecular complexity index is 616. The number of nitrogens with zero attached hydrogens (tertiary/aromatic N) is 1. The number of nitro groups is 1. The number of thiol groups is 1. The molecule has 0 aromatic heterocycles. The van der Waals surface area contributed by atoms with Gasteiger partial charge < -0.3 is 4.74 Å². The van der Waals surface area contributed by atoms with E-state index in [2.05, 4.69) is 12.6 Å². The third-order valence-corrected chi connectivity index (χ3v) is 3.75. The van der Waals surface area contributed by atoms with Crippen molar-refractivity contribution in [1.82, 2.24) is 0 Å². The van der Waals surface area contributed by atoms with Crippen LogP contribution in [0.25, 0.3) is 0 Å². The summed E-state index contributed by atoms with van der Waals surface area (Å²) >= 11 is 4.36. The second kappa shape index (κ2) is 7.13. The first kappa shape index (κ1) is 15.4. The van der Waals surface area contributed by atoms with Crippen LogP contribution >= 0.6 is 12.6 Å². The SMILES string of the molecule is Cc1ccc([N+](=O)[O-])cc1OCC(CS)c1ccccc1. The van der Waals surface area contributed by atoms with E-state index in [4.69, 9.17) is 4.74 Å². The lowest BCUT2D eigenvalue weighted by atomic mass is 10.0. The molecule has 5 heteroatoms. The van der Waals surface area contributed by atoms with Crippen LogP contribution in [0.5, 0.6) is 5.75 Å². The summed E-state index contributed by atoms with van der Waals surface area (Å²) in [5.41, 5.74) is 2.07. The van der Waals surface area contributed by atoms with Crippen molar-refractivity contribution in [2.45, 2.75) is 12.8 Å². The molecule has 0 amide bonds. The Balaban J connectivity index is 2.11. The summed E-state index contributed by atoms with van der Waals surface area (Å²) < 4.78 is 5.78. The van der Waals surface area contributed by atoms with Crippen LogP contribution in [0.3, 0.4) is 0 Å². The highest BCUT2D eigenvalue weighted by atomic mass is 32.1. The Labute approximate surface area is 129 Å². The second-order valence-electron chi connectivity index (χ2n) is 4.81. The van der Waals surface area contributed by atoms with Gasteiger partial charge in [-0.3, -0.25) is 10.1 Å². The molecule has 0 spiro atoms. The average Bonchev–Trinajstić information content (AvgIpc) is 2.50.